The van der Waals surface area contributed by atoms with Gasteiger partial charge in [-0.2, -0.15) is 0 Å². The molecule has 0 heterocycles. The van der Waals surface area contributed by atoms with Gasteiger partial charge in [-0.1, -0.05) is 32.9 Å². The molecule has 0 saturated carbocycles. The smallest absolute Gasteiger partial charge is 0.319 e. The van der Waals surface area contributed by atoms with Gasteiger partial charge in [-0.3, -0.25) is 4.79 Å². The minimum Gasteiger partial charge on any atom is -0.345 e. The molecule has 23 heavy (non-hydrogen) atoms. The van der Waals surface area contributed by atoms with Gasteiger partial charge in [0, 0.05) is 25.8 Å². The van der Waals surface area contributed by atoms with Gasteiger partial charge >= 0.3 is 6.03 Å². The summed E-state index contributed by atoms with van der Waals surface area (Å²) in [5.41, 5.74) is 1.67. The van der Waals surface area contributed by atoms with Crippen molar-refractivity contribution in [1.29, 1.82) is 0 Å². The first-order chi connectivity index (χ1) is 10.9. The van der Waals surface area contributed by atoms with Crippen LogP contribution in [0.1, 0.15) is 39.2 Å². The second-order valence-electron chi connectivity index (χ2n) is 6.25. The molecule has 5 nitrogen and oxygen atoms in total. The third-order valence-electron chi connectivity index (χ3n) is 3.57. The number of nitrogens with zero attached hydrogens (tertiary/aromatic N) is 1. The van der Waals surface area contributed by atoms with Crippen LogP contribution in [0, 0.1) is 5.92 Å². The SMILES string of the molecule is CCCNC(=O)Nc1ccc(CC(=O)N(C)CCC(C)C)cc1. The molecule has 0 spiro atoms. The molecule has 1 aromatic rings. The van der Waals surface area contributed by atoms with Gasteiger partial charge in [0.05, 0.1) is 6.42 Å². The molecule has 0 aliphatic heterocycles. The first-order valence-electron chi connectivity index (χ1n) is 8.30. The summed E-state index contributed by atoms with van der Waals surface area (Å²) in [7, 11) is 1.85. The maximum Gasteiger partial charge on any atom is 0.319 e. The Morgan fingerprint density at radius 1 is 1.17 bits per heavy atom. The van der Waals surface area contributed by atoms with Crippen molar-refractivity contribution in [1.82, 2.24) is 10.2 Å². The molecule has 0 aliphatic rings. The van der Waals surface area contributed by atoms with Crippen molar-refractivity contribution < 1.29 is 9.59 Å². The van der Waals surface area contributed by atoms with Crippen molar-refractivity contribution >= 4 is 17.6 Å². The minimum absolute atomic E-state index is 0.118. The number of amides is 3. The van der Waals surface area contributed by atoms with E-state index >= 15 is 0 Å². The highest BCUT2D eigenvalue weighted by atomic mass is 16.2. The molecule has 0 aliphatic carbocycles. The Hall–Kier alpha value is -2.04. The quantitative estimate of drug-likeness (QED) is 0.772. The van der Waals surface area contributed by atoms with Crippen molar-refractivity contribution in [3.8, 4) is 0 Å². The summed E-state index contributed by atoms with van der Waals surface area (Å²) in [4.78, 5) is 25.5. The number of likely N-dealkylation sites (N-methyl/N-ethyl adjacent to an activating group) is 1. The van der Waals surface area contributed by atoms with Gasteiger partial charge < -0.3 is 15.5 Å². The lowest BCUT2D eigenvalue weighted by atomic mass is 10.1. The molecular formula is C18H29N3O2. The Morgan fingerprint density at radius 2 is 1.83 bits per heavy atom. The van der Waals surface area contributed by atoms with Crippen LogP contribution in [0.4, 0.5) is 10.5 Å². The summed E-state index contributed by atoms with van der Waals surface area (Å²) in [5, 5.41) is 5.52. The van der Waals surface area contributed by atoms with Crippen LogP contribution in [0.2, 0.25) is 0 Å². The molecule has 0 radical (unpaired) electrons. The number of urea groups is 1. The highest BCUT2D eigenvalue weighted by molar-refractivity contribution is 5.89. The van der Waals surface area contributed by atoms with Crippen molar-refractivity contribution in [3.05, 3.63) is 29.8 Å². The first-order valence-corrected chi connectivity index (χ1v) is 8.30. The van der Waals surface area contributed by atoms with E-state index in [-0.39, 0.29) is 11.9 Å². The van der Waals surface area contributed by atoms with Crippen LogP contribution in [-0.2, 0) is 11.2 Å². The van der Waals surface area contributed by atoms with E-state index in [9.17, 15) is 9.59 Å². The summed E-state index contributed by atoms with van der Waals surface area (Å²) in [6.45, 7) is 7.75. The average Bonchev–Trinajstić information content (AvgIpc) is 2.52. The molecule has 5 heteroatoms. The Labute approximate surface area is 139 Å². The zero-order chi connectivity index (χ0) is 17.2. The van der Waals surface area contributed by atoms with E-state index in [1.54, 1.807) is 4.90 Å². The predicted octanol–water partition coefficient (Wildman–Crippen LogP) is 3.27. The van der Waals surface area contributed by atoms with E-state index in [0.29, 0.717) is 18.9 Å². The third-order valence-corrected chi connectivity index (χ3v) is 3.57. The van der Waals surface area contributed by atoms with Crippen LogP contribution in [-0.4, -0.2) is 37.0 Å². The van der Waals surface area contributed by atoms with Crippen LogP contribution in [0.5, 0.6) is 0 Å². The number of benzene rings is 1. The topological polar surface area (TPSA) is 61.4 Å². The third kappa shape index (κ3) is 7.68. The number of hydrogen-bond acceptors (Lipinski definition) is 2. The van der Waals surface area contributed by atoms with E-state index in [0.717, 1.165) is 30.6 Å². The normalized spacial score (nSPS) is 10.5. The first kappa shape index (κ1) is 19.0. The highest BCUT2D eigenvalue weighted by Gasteiger charge is 2.10. The van der Waals surface area contributed by atoms with Crippen LogP contribution in [0.3, 0.4) is 0 Å². The molecule has 128 valence electrons. The summed E-state index contributed by atoms with van der Waals surface area (Å²) >= 11 is 0. The Kier molecular flexibility index (Phi) is 8.16. The van der Waals surface area contributed by atoms with Crippen LogP contribution < -0.4 is 10.6 Å². The van der Waals surface area contributed by atoms with E-state index in [4.69, 9.17) is 0 Å². The Balaban J connectivity index is 2.47. The van der Waals surface area contributed by atoms with Crippen molar-refractivity contribution in [2.75, 3.05) is 25.5 Å². The standard InChI is InChI=1S/C18H29N3O2/c1-5-11-19-18(23)20-16-8-6-15(7-9-16)13-17(22)21(4)12-10-14(2)3/h6-9,14H,5,10-13H2,1-4H3,(H2,19,20,23). The predicted molar refractivity (Wildman–Crippen MR) is 94.6 cm³/mol. The maximum absolute atomic E-state index is 12.2. The summed E-state index contributed by atoms with van der Waals surface area (Å²) < 4.78 is 0. The number of anilines is 1. The lowest BCUT2D eigenvalue weighted by Gasteiger charge is -2.18. The van der Waals surface area contributed by atoms with Crippen LogP contribution in [0.25, 0.3) is 0 Å². The molecule has 0 fully saturated rings. The molecule has 3 amide bonds. The zero-order valence-electron chi connectivity index (χ0n) is 14.7. The monoisotopic (exact) mass is 319 g/mol. The summed E-state index contributed by atoms with van der Waals surface area (Å²) in [6.07, 6.45) is 2.30. The minimum atomic E-state index is -0.205. The largest absolute Gasteiger partial charge is 0.345 e. The molecule has 0 atom stereocenters. The van der Waals surface area contributed by atoms with Gasteiger partial charge in [0.25, 0.3) is 0 Å². The lowest BCUT2D eigenvalue weighted by Crippen LogP contribution is -2.30. The second-order valence-corrected chi connectivity index (χ2v) is 6.25. The second kappa shape index (κ2) is 9.87. The van der Waals surface area contributed by atoms with Crippen LogP contribution >= 0.6 is 0 Å². The highest BCUT2D eigenvalue weighted by Crippen LogP contribution is 2.11. The molecule has 2 N–H and O–H groups in total. The summed E-state index contributed by atoms with van der Waals surface area (Å²) in [5.74, 6) is 0.710. The molecule has 0 bridgehead atoms. The van der Waals surface area contributed by atoms with Gasteiger partial charge in [0.2, 0.25) is 5.91 Å². The van der Waals surface area contributed by atoms with Crippen molar-refractivity contribution in [2.45, 2.75) is 40.0 Å². The number of nitrogens with one attached hydrogen (secondary N) is 2. The molecule has 0 aromatic heterocycles. The van der Waals surface area contributed by atoms with E-state index in [1.807, 2.05) is 38.2 Å². The molecular weight excluding hydrogens is 290 g/mol. The fraction of sp³-hybridized carbons (Fsp3) is 0.556. The lowest BCUT2D eigenvalue weighted by molar-refractivity contribution is -0.129. The number of carbonyl (C=O) groups is 2. The van der Waals surface area contributed by atoms with E-state index in [2.05, 4.69) is 24.5 Å². The summed E-state index contributed by atoms with van der Waals surface area (Å²) in [6, 6.07) is 7.20. The fourth-order valence-electron chi connectivity index (χ4n) is 2.01. The fourth-order valence-corrected chi connectivity index (χ4v) is 2.01. The van der Waals surface area contributed by atoms with E-state index in [1.165, 1.54) is 0 Å². The molecule has 1 rings (SSSR count). The molecule has 0 unspecified atom stereocenters. The van der Waals surface area contributed by atoms with E-state index < -0.39 is 0 Å². The Bertz CT molecular complexity index is 497. The molecule has 0 saturated heterocycles. The van der Waals surface area contributed by atoms with Crippen LogP contribution in [0.15, 0.2) is 24.3 Å². The number of rotatable bonds is 8. The molecule has 1 aromatic carbocycles. The average molecular weight is 319 g/mol. The van der Waals surface area contributed by atoms with Gasteiger partial charge in [-0.15, -0.1) is 0 Å². The van der Waals surface area contributed by atoms with Gasteiger partial charge in [-0.25, -0.2) is 4.79 Å². The van der Waals surface area contributed by atoms with Crippen molar-refractivity contribution in [3.63, 3.8) is 0 Å². The van der Waals surface area contributed by atoms with Gasteiger partial charge in [-0.05, 0) is 36.5 Å². The van der Waals surface area contributed by atoms with Crippen molar-refractivity contribution in [2.24, 2.45) is 5.92 Å². The zero-order valence-corrected chi connectivity index (χ0v) is 14.7. The van der Waals surface area contributed by atoms with Gasteiger partial charge in [0.15, 0.2) is 0 Å². The number of carbonyl (C=O) groups excluding carboxylic acids is 2. The van der Waals surface area contributed by atoms with Gasteiger partial charge in [0.1, 0.15) is 0 Å². The Morgan fingerprint density at radius 3 is 2.39 bits per heavy atom. The maximum atomic E-state index is 12.2. The number of hydrogen-bond donors (Lipinski definition) is 2.